The Kier molecular flexibility index (Phi) is 7.26. The average Bonchev–Trinajstić information content (AvgIpc) is 3.27. The highest BCUT2D eigenvalue weighted by Gasteiger charge is 2.21. The monoisotopic (exact) mass is 489 g/mol. The number of aryl methyl sites for hydroxylation is 1. The molecule has 3 aromatic carbocycles. The predicted molar refractivity (Wildman–Crippen MR) is 142 cm³/mol. The van der Waals surface area contributed by atoms with Gasteiger partial charge in [-0.15, -0.1) is 0 Å². The molecule has 0 bridgehead atoms. The largest absolute Gasteiger partial charge is 0.378 e. The van der Waals surface area contributed by atoms with E-state index in [1.165, 1.54) is 0 Å². The van der Waals surface area contributed by atoms with E-state index < -0.39 is 9.84 Å². The maximum atomic E-state index is 12.7. The van der Waals surface area contributed by atoms with Gasteiger partial charge in [-0.05, 0) is 48.4 Å². The minimum Gasteiger partial charge on any atom is -0.378 e. The van der Waals surface area contributed by atoms with Crippen molar-refractivity contribution in [2.24, 2.45) is 0 Å². The fourth-order valence-corrected chi connectivity index (χ4v) is 5.43. The molecule has 6 nitrogen and oxygen atoms in total. The average molecular weight is 490 g/mol. The van der Waals surface area contributed by atoms with Gasteiger partial charge in [0, 0.05) is 55.8 Å². The second-order valence-electron chi connectivity index (χ2n) is 9.01. The number of hydrogen-bond acceptors (Lipinski definition) is 4. The fraction of sp³-hybridized carbons (Fsp3) is 0.250. The number of rotatable bonds is 9. The van der Waals surface area contributed by atoms with Crippen LogP contribution in [-0.4, -0.2) is 45.7 Å². The molecule has 182 valence electrons. The highest BCUT2D eigenvalue weighted by molar-refractivity contribution is 7.91. The van der Waals surface area contributed by atoms with E-state index in [0.717, 1.165) is 33.3 Å². The van der Waals surface area contributed by atoms with Crippen LogP contribution in [0.4, 0.5) is 5.69 Å². The molecule has 4 rings (SSSR count). The molecular formula is C28H31N3O3S. The number of benzene rings is 3. The van der Waals surface area contributed by atoms with Crippen LogP contribution in [0.2, 0.25) is 0 Å². The Labute approximate surface area is 206 Å². The van der Waals surface area contributed by atoms with Crippen LogP contribution in [0, 0.1) is 6.92 Å². The Morgan fingerprint density at radius 2 is 1.66 bits per heavy atom. The van der Waals surface area contributed by atoms with Gasteiger partial charge in [0.15, 0.2) is 9.84 Å². The molecule has 2 N–H and O–H groups in total. The summed E-state index contributed by atoms with van der Waals surface area (Å²) in [5, 5.41) is 4.08. The van der Waals surface area contributed by atoms with Crippen LogP contribution < -0.4 is 10.2 Å². The number of aromatic nitrogens is 1. The first kappa shape index (κ1) is 24.5. The van der Waals surface area contributed by atoms with Crippen molar-refractivity contribution in [3.8, 4) is 0 Å². The highest BCUT2D eigenvalue weighted by atomic mass is 32.2. The molecule has 1 unspecified atom stereocenters. The Morgan fingerprint density at radius 1 is 0.971 bits per heavy atom. The van der Waals surface area contributed by atoms with Crippen LogP contribution in [0.15, 0.2) is 83.9 Å². The van der Waals surface area contributed by atoms with Gasteiger partial charge < -0.3 is 15.2 Å². The van der Waals surface area contributed by atoms with Gasteiger partial charge >= 0.3 is 0 Å². The molecule has 35 heavy (non-hydrogen) atoms. The summed E-state index contributed by atoms with van der Waals surface area (Å²) in [6.45, 7) is 2.27. The molecule has 0 aliphatic heterocycles. The van der Waals surface area contributed by atoms with Gasteiger partial charge in [-0.1, -0.05) is 48.0 Å². The topological polar surface area (TPSA) is 82.3 Å². The molecule has 0 fully saturated rings. The first-order valence-corrected chi connectivity index (χ1v) is 13.3. The molecule has 7 heteroatoms. The summed E-state index contributed by atoms with van der Waals surface area (Å²) in [7, 11) is 0.476. The number of carbonyl (C=O) groups excluding carboxylic acids is 1. The van der Waals surface area contributed by atoms with E-state index in [4.69, 9.17) is 0 Å². The van der Waals surface area contributed by atoms with Crippen LogP contribution in [0.3, 0.4) is 0 Å². The summed E-state index contributed by atoms with van der Waals surface area (Å²) in [5.74, 6) is -0.590. The molecule has 1 heterocycles. The summed E-state index contributed by atoms with van der Waals surface area (Å²) in [6, 6.07) is 23.1. The number of sulfone groups is 1. The minimum absolute atomic E-state index is 0.0833. The summed E-state index contributed by atoms with van der Waals surface area (Å²) < 4.78 is 25.3. The first-order chi connectivity index (χ1) is 16.7. The normalized spacial score (nSPS) is 12.4. The van der Waals surface area contributed by atoms with Crippen molar-refractivity contribution < 1.29 is 13.2 Å². The van der Waals surface area contributed by atoms with Gasteiger partial charge in [-0.3, -0.25) is 4.79 Å². The van der Waals surface area contributed by atoms with Crippen LogP contribution in [-0.2, 0) is 14.6 Å². The van der Waals surface area contributed by atoms with Crippen molar-refractivity contribution in [3.05, 3.63) is 95.7 Å². The summed E-state index contributed by atoms with van der Waals surface area (Å²) in [5.41, 5.74) is 5.28. The molecule has 1 aromatic heterocycles. The van der Waals surface area contributed by atoms with Gasteiger partial charge in [-0.2, -0.15) is 0 Å². The zero-order chi connectivity index (χ0) is 25.0. The number of carbonyl (C=O) groups is 1. The maximum Gasteiger partial charge on any atom is 0.221 e. The number of nitrogens with one attached hydrogen (secondary N) is 2. The minimum atomic E-state index is -3.52. The summed E-state index contributed by atoms with van der Waals surface area (Å²) in [6.07, 6.45) is 1.90. The number of hydrogen-bond donors (Lipinski definition) is 2. The van der Waals surface area contributed by atoms with Crippen LogP contribution >= 0.6 is 0 Å². The number of nitrogens with zero attached hydrogens (tertiary/aromatic N) is 1. The van der Waals surface area contributed by atoms with E-state index in [1.807, 2.05) is 50.3 Å². The number of para-hydroxylation sites is 1. The molecular weight excluding hydrogens is 458 g/mol. The number of H-pyrrole nitrogens is 1. The van der Waals surface area contributed by atoms with Crippen molar-refractivity contribution in [1.82, 2.24) is 10.3 Å². The summed E-state index contributed by atoms with van der Waals surface area (Å²) in [4.78, 5) is 18.3. The molecule has 1 atom stereocenters. The lowest BCUT2D eigenvalue weighted by Gasteiger charge is -2.20. The van der Waals surface area contributed by atoms with Gasteiger partial charge in [-0.25, -0.2) is 8.42 Å². The van der Waals surface area contributed by atoms with Crippen molar-refractivity contribution in [2.45, 2.75) is 24.2 Å². The third kappa shape index (κ3) is 5.74. The zero-order valence-corrected chi connectivity index (χ0v) is 21.1. The maximum absolute atomic E-state index is 12.7. The Bertz CT molecular complexity index is 1410. The Morgan fingerprint density at radius 3 is 2.34 bits per heavy atom. The van der Waals surface area contributed by atoms with Crippen molar-refractivity contribution >= 4 is 32.3 Å². The second kappa shape index (κ2) is 10.4. The summed E-state index contributed by atoms with van der Waals surface area (Å²) >= 11 is 0. The van der Waals surface area contributed by atoms with Crippen molar-refractivity contribution in [1.29, 1.82) is 0 Å². The van der Waals surface area contributed by atoms with Gasteiger partial charge in [0.2, 0.25) is 5.91 Å². The fourth-order valence-electron chi connectivity index (χ4n) is 4.19. The molecule has 0 saturated carbocycles. The SMILES string of the molecule is Cc1ccc(S(=O)(=O)CCC(=O)NCC(c2ccc(N(C)C)cc2)c2c[nH]c3ccccc23)cc1. The van der Waals surface area contributed by atoms with E-state index in [2.05, 4.69) is 40.6 Å². The first-order valence-electron chi connectivity index (χ1n) is 11.6. The zero-order valence-electron chi connectivity index (χ0n) is 20.3. The van der Waals surface area contributed by atoms with E-state index in [0.29, 0.717) is 6.54 Å². The third-order valence-corrected chi connectivity index (χ3v) is 8.02. The molecule has 4 aromatic rings. The van der Waals surface area contributed by atoms with E-state index >= 15 is 0 Å². The van der Waals surface area contributed by atoms with Gasteiger partial charge in [0.05, 0.1) is 10.6 Å². The Balaban J connectivity index is 1.50. The van der Waals surface area contributed by atoms with Crippen molar-refractivity contribution in [2.75, 3.05) is 31.3 Å². The molecule has 0 spiro atoms. The lowest BCUT2D eigenvalue weighted by molar-refractivity contribution is -0.120. The molecule has 1 amide bonds. The number of amides is 1. The van der Waals surface area contributed by atoms with Gasteiger partial charge in [0.1, 0.15) is 0 Å². The quantitative estimate of drug-likeness (QED) is 0.358. The van der Waals surface area contributed by atoms with Crippen LogP contribution in [0.5, 0.6) is 0 Å². The lowest BCUT2D eigenvalue weighted by atomic mass is 9.90. The second-order valence-corrected chi connectivity index (χ2v) is 11.1. The lowest BCUT2D eigenvalue weighted by Crippen LogP contribution is -2.30. The smallest absolute Gasteiger partial charge is 0.221 e. The number of fused-ring (bicyclic) bond motifs is 1. The van der Waals surface area contributed by atoms with Crippen LogP contribution in [0.25, 0.3) is 10.9 Å². The van der Waals surface area contributed by atoms with E-state index in [-0.39, 0.29) is 28.9 Å². The molecule has 0 aliphatic carbocycles. The number of aromatic amines is 1. The Hall–Kier alpha value is -3.58. The molecule has 0 radical (unpaired) electrons. The standard InChI is InChI=1S/C28H31N3O3S/c1-20-8-14-23(15-9-20)35(33,34)17-16-28(32)30-18-25(21-10-12-22(13-11-21)31(2)3)26-19-29-27-7-5-4-6-24(26)27/h4-15,19,25,29H,16-18H2,1-3H3,(H,30,32). The predicted octanol–water partition coefficient (Wildman–Crippen LogP) is 4.65. The third-order valence-electron chi connectivity index (χ3n) is 6.29. The number of anilines is 1. The van der Waals surface area contributed by atoms with Crippen molar-refractivity contribution in [3.63, 3.8) is 0 Å². The molecule has 0 aliphatic rings. The van der Waals surface area contributed by atoms with Crippen LogP contribution in [0.1, 0.15) is 29.0 Å². The molecule has 0 saturated heterocycles. The van der Waals surface area contributed by atoms with Gasteiger partial charge in [0.25, 0.3) is 0 Å². The highest BCUT2D eigenvalue weighted by Crippen LogP contribution is 2.31. The van der Waals surface area contributed by atoms with E-state index in [9.17, 15) is 13.2 Å². The van der Waals surface area contributed by atoms with E-state index in [1.54, 1.807) is 24.3 Å².